The van der Waals surface area contributed by atoms with Crippen molar-refractivity contribution in [2.75, 3.05) is 18.6 Å². The largest absolute Gasteiger partial charge is 0.488 e. The Morgan fingerprint density at radius 1 is 1.13 bits per heavy atom. The number of anilines is 1. The van der Waals surface area contributed by atoms with E-state index in [-0.39, 0.29) is 23.9 Å². The summed E-state index contributed by atoms with van der Waals surface area (Å²) < 4.78 is 23.8. The van der Waals surface area contributed by atoms with E-state index in [1.54, 1.807) is 12.1 Å². The SMILES string of the molecule is COC(=O)[C@@H]1C[C@H](Oc2ccc(F)cc2)CN1c1ccccc1. The first-order valence-corrected chi connectivity index (χ1v) is 7.49. The Balaban J connectivity index is 1.77. The lowest BCUT2D eigenvalue weighted by atomic mass is 10.2. The Morgan fingerprint density at radius 2 is 1.83 bits per heavy atom. The van der Waals surface area contributed by atoms with Gasteiger partial charge in [0.25, 0.3) is 0 Å². The van der Waals surface area contributed by atoms with Crippen molar-refractivity contribution < 1.29 is 18.7 Å². The minimum Gasteiger partial charge on any atom is -0.488 e. The zero-order valence-electron chi connectivity index (χ0n) is 12.8. The maximum Gasteiger partial charge on any atom is 0.328 e. The van der Waals surface area contributed by atoms with Crippen LogP contribution in [0.1, 0.15) is 6.42 Å². The molecule has 4 nitrogen and oxygen atoms in total. The summed E-state index contributed by atoms with van der Waals surface area (Å²) in [4.78, 5) is 14.1. The van der Waals surface area contributed by atoms with Crippen LogP contribution in [-0.4, -0.2) is 31.8 Å². The molecule has 2 aromatic carbocycles. The average molecular weight is 315 g/mol. The van der Waals surface area contributed by atoms with Crippen LogP contribution in [0.3, 0.4) is 0 Å². The van der Waals surface area contributed by atoms with Gasteiger partial charge >= 0.3 is 5.97 Å². The smallest absolute Gasteiger partial charge is 0.328 e. The van der Waals surface area contributed by atoms with E-state index in [4.69, 9.17) is 9.47 Å². The lowest BCUT2D eigenvalue weighted by Crippen LogP contribution is -2.36. The predicted molar refractivity (Wildman–Crippen MR) is 85.0 cm³/mol. The Labute approximate surface area is 134 Å². The maximum absolute atomic E-state index is 13.0. The lowest BCUT2D eigenvalue weighted by molar-refractivity contribution is -0.142. The van der Waals surface area contributed by atoms with E-state index in [0.29, 0.717) is 18.7 Å². The molecule has 2 aromatic rings. The highest BCUT2D eigenvalue weighted by molar-refractivity contribution is 5.81. The van der Waals surface area contributed by atoms with E-state index in [1.807, 2.05) is 35.2 Å². The molecule has 0 amide bonds. The number of esters is 1. The van der Waals surface area contributed by atoms with E-state index in [9.17, 15) is 9.18 Å². The van der Waals surface area contributed by atoms with Crippen LogP contribution >= 0.6 is 0 Å². The second-order valence-electron chi connectivity index (χ2n) is 5.46. The van der Waals surface area contributed by atoms with Gasteiger partial charge < -0.3 is 14.4 Å². The van der Waals surface area contributed by atoms with Gasteiger partial charge in [-0.2, -0.15) is 0 Å². The predicted octanol–water partition coefficient (Wildman–Crippen LogP) is 3.03. The van der Waals surface area contributed by atoms with Crippen molar-refractivity contribution >= 4 is 11.7 Å². The molecule has 0 aliphatic carbocycles. The fraction of sp³-hybridized carbons (Fsp3) is 0.278. The minimum atomic E-state index is -0.382. The van der Waals surface area contributed by atoms with Crippen LogP contribution in [0.5, 0.6) is 5.75 Å². The number of hydrogen-bond donors (Lipinski definition) is 0. The van der Waals surface area contributed by atoms with E-state index >= 15 is 0 Å². The lowest BCUT2D eigenvalue weighted by Gasteiger charge is -2.24. The Hall–Kier alpha value is -2.56. The summed E-state index contributed by atoms with van der Waals surface area (Å²) in [6.45, 7) is 0.571. The van der Waals surface area contributed by atoms with Gasteiger partial charge in [-0.1, -0.05) is 18.2 Å². The molecular weight excluding hydrogens is 297 g/mol. The van der Waals surface area contributed by atoms with E-state index < -0.39 is 0 Å². The molecule has 23 heavy (non-hydrogen) atoms. The van der Waals surface area contributed by atoms with E-state index in [2.05, 4.69) is 0 Å². The number of nitrogens with zero attached hydrogens (tertiary/aromatic N) is 1. The molecule has 0 saturated carbocycles. The van der Waals surface area contributed by atoms with Gasteiger partial charge in [0.05, 0.1) is 13.7 Å². The third-order valence-corrected chi connectivity index (χ3v) is 3.94. The molecule has 1 aliphatic heterocycles. The van der Waals surface area contributed by atoms with Crippen LogP contribution in [0.4, 0.5) is 10.1 Å². The third kappa shape index (κ3) is 3.44. The standard InChI is InChI=1S/C18H18FNO3/c1-22-18(21)17-11-16(23-15-9-7-13(19)8-10-15)12-20(17)14-5-3-2-4-6-14/h2-10,16-17H,11-12H2,1H3/t16-,17-/m0/s1. The molecular formula is C18H18FNO3. The summed E-state index contributed by atoms with van der Waals surface area (Å²) in [5.74, 6) is 0.0103. The molecule has 1 fully saturated rings. The second kappa shape index (κ2) is 6.69. The van der Waals surface area contributed by atoms with Gasteiger partial charge in [-0.3, -0.25) is 0 Å². The Kier molecular flexibility index (Phi) is 4.46. The fourth-order valence-corrected chi connectivity index (χ4v) is 2.85. The molecule has 1 saturated heterocycles. The van der Waals surface area contributed by atoms with Crippen molar-refractivity contribution in [3.63, 3.8) is 0 Å². The van der Waals surface area contributed by atoms with Crippen molar-refractivity contribution in [2.45, 2.75) is 18.6 Å². The van der Waals surface area contributed by atoms with Crippen LogP contribution in [0.15, 0.2) is 54.6 Å². The normalized spacial score (nSPS) is 20.3. The molecule has 1 heterocycles. The third-order valence-electron chi connectivity index (χ3n) is 3.94. The molecule has 0 radical (unpaired) electrons. The maximum atomic E-state index is 13.0. The second-order valence-corrected chi connectivity index (χ2v) is 5.46. The Bertz CT molecular complexity index is 660. The highest BCUT2D eigenvalue weighted by Crippen LogP contribution is 2.29. The van der Waals surface area contributed by atoms with Crippen molar-refractivity contribution in [3.8, 4) is 5.75 Å². The monoisotopic (exact) mass is 315 g/mol. The number of rotatable bonds is 4. The quantitative estimate of drug-likeness (QED) is 0.813. The van der Waals surface area contributed by atoms with Crippen molar-refractivity contribution in [3.05, 3.63) is 60.4 Å². The van der Waals surface area contributed by atoms with E-state index in [0.717, 1.165) is 5.69 Å². The van der Waals surface area contributed by atoms with Crippen molar-refractivity contribution in [1.29, 1.82) is 0 Å². The van der Waals surface area contributed by atoms with Crippen LogP contribution < -0.4 is 9.64 Å². The summed E-state index contributed by atoms with van der Waals surface area (Å²) in [5.41, 5.74) is 0.952. The molecule has 3 rings (SSSR count). The summed E-state index contributed by atoms with van der Waals surface area (Å²) >= 11 is 0. The summed E-state index contributed by atoms with van der Waals surface area (Å²) in [6.07, 6.45) is 0.364. The van der Waals surface area contributed by atoms with Gasteiger partial charge in [0, 0.05) is 12.1 Å². The number of ether oxygens (including phenoxy) is 2. The van der Waals surface area contributed by atoms with Crippen LogP contribution in [0, 0.1) is 5.82 Å². The molecule has 0 spiro atoms. The number of carbonyl (C=O) groups is 1. The molecule has 1 aliphatic rings. The first-order chi connectivity index (χ1) is 11.2. The van der Waals surface area contributed by atoms with Gasteiger partial charge in [0.1, 0.15) is 23.7 Å². The molecule has 0 N–H and O–H groups in total. The number of benzene rings is 2. The zero-order valence-corrected chi connectivity index (χ0v) is 12.8. The molecule has 2 atom stereocenters. The Morgan fingerprint density at radius 3 is 2.48 bits per heavy atom. The fourth-order valence-electron chi connectivity index (χ4n) is 2.85. The van der Waals surface area contributed by atoms with E-state index in [1.165, 1.54) is 19.2 Å². The van der Waals surface area contributed by atoms with Crippen LogP contribution in [0.25, 0.3) is 0 Å². The summed E-state index contributed by atoms with van der Waals surface area (Å²) in [5, 5.41) is 0. The minimum absolute atomic E-state index is 0.162. The van der Waals surface area contributed by atoms with Crippen molar-refractivity contribution in [1.82, 2.24) is 0 Å². The van der Waals surface area contributed by atoms with Crippen LogP contribution in [0.2, 0.25) is 0 Å². The molecule has 0 unspecified atom stereocenters. The number of halogens is 1. The molecule has 0 aromatic heterocycles. The highest BCUT2D eigenvalue weighted by atomic mass is 19.1. The van der Waals surface area contributed by atoms with Gasteiger partial charge in [-0.25, -0.2) is 9.18 Å². The molecule has 5 heteroatoms. The highest BCUT2D eigenvalue weighted by Gasteiger charge is 2.38. The summed E-state index contributed by atoms with van der Waals surface area (Å²) in [6, 6.07) is 15.2. The van der Waals surface area contributed by atoms with Gasteiger partial charge in [-0.05, 0) is 36.4 Å². The first kappa shape index (κ1) is 15.3. The first-order valence-electron chi connectivity index (χ1n) is 7.49. The van der Waals surface area contributed by atoms with Gasteiger partial charge in [0.15, 0.2) is 0 Å². The number of para-hydroxylation sites is 1. The number of methoxy groups -OCH3 is 1. The van der Waals surface area contributed by atoms with Gasteiger partial charge in [-0.15, -0.1) is 0 Å². The topological polar surface area (TPSA) is 38.8 Å². The summed E-state index contributed by atoms with van der Waals surface area (Å²) in [7, 11) is 1.39. The average Bonchev–Trinajstić information content (AvgIpc) is 3.01. The number of carbonyl (C=O) groups excluding carboxylic acids is 1. The molecule has 120 valence electrons. The van der Waals surface area contributed by atoms with Gasteiger partial charge in [0.2, 0.25) is 0 Å². The van der Waals surface area contributed by atoms with Crippen LogP contribution in [-0.2, 0) is 9.53 Å². The van der Waals surface area contributed by atoms with Crippen molar-refractivity contribution in [2.24, 2.45) is 0 Å². The number of hydrogen-bond acceptors (Lipinski definition) is 4. The zero-order chi connectivity index (χ0) is 16.2. The molecule has 0 bridgehead atoms.